The third kappa shape index (κ3) is 5.07. The molecule has 0 spiro atoms. The van der Waals surface area contributed by atoms with Gasteiger partial charge in [0, 0.05) is 25.2 Å². The van der Waals surface area contributed by atoms with Gasteiger partial charge in [0.15, 0.2) is 0 Å². The minimum Gasteiger partial charge on any atom is -0.360 e. The molecule has 144 valence electrons. The monoisotopic (exact) mass is 396 g/mol. The van der Waals surface area contributed by atoms with Crippen molar-refractivity contribution in [2.75, 3.05) is 0 Å². The molecule has 0 fully saturated rings. The van der Waals surface area contributed by atoms with Gasteiger partial charge in [-0.1, -0.05) is 80.3 Å². The number of thiol groups is 1. The second kappa shape index (κ2) is 8.68. The van der Waals surface area contributed by atoms with Gasteiger partial charge in [0.1, 0.15) is 0 Å². The summed E-state index contributed by atoms with van der Waals surface area (Å²) < 4.78 is 0. The van der Waals surface area contributed by atoms with E-state index in [1.165, 1.54) is 16.2 Å². The second-order valence-corrected chi connectivity index (χ2v) is 14.1. The number of rotatable bonds is 6. The molecule has 1 N–H and O–H groups in total. The highest BCUT2D eigenvalue weighted by Crippen LogP contribution is 2.36. The molecule has 27 heavy (non-hydrogen) atoms. The van der Waals surface area contributed by atoms with Gasteiger partial charge in [-0.05, 0) is 29.7 Å². The Balaban J connectivity index is 1.85. The Morgan fingerprint density at radius 3 is 2.07 bits per heavy atom. The average Bonchev–Trinajstić information content (AvgIpc) is 2.64. The molecule has 0 radical (unpaired) electrons. The number of benzene rings is 2. The maximum absolute atomic E-state index is 5.07. The van der Waals surface area contributed by atoms with Crippen molar-refractivity contribution in [1.82, 2.24) is 10.2 Å². The van der Waals surface area contributed by atoms with Crippen LogP contribution in [-0.4, -0.2) is 25.1 Å². The fourth-order valence-electron chi connectivity index (χ4n) is 4.00. The molecule has 1 aliphatic heterocycles. The van der Waals surface area contributed by atoms with Crippen LogP contribution in [0.25, 0.3) is 0 Å². The molecule has 2 aromatic carbocycles. The topological polar surface area (TPSA) is 15.3 Å². The molecule has 2 aromatic rings. The number of nitrogens with one attached hydrogen (secondary N) is 1. The summed E-state index contributed by atoms with van der Waals surface area (Å²) in [6.07, 6.45) is 1.13. The molecule has 0 aromatic heterocycles. The summed E-state index contributed by atoms with van der Waals surface area (Å²) in [5.41, 5.74) is 2.69. The Morgan fingerprint density at radius 2 is 1.52 bits per heavy atom. The van der Waals surface area contributed by atoms with Crippen LogP contribution in [0.15, 0.2) is 70.9 Å². The predicted octanol–water partition coefficient (Wildman–Crippen LogP) is 5.46. The lowest BCUT2D eigenvalue weighted by atomic mass is 10.0. The fourth-order valence-corrected chi connectivity index (χ4v) is 7.51. The first-order valence-electron chi connectivity index (χ1n) is 9.87. The van der Waals surface area contributed by atoms with E-state index in [-0.39, 0.29) is 0 Å². The first-order chi connectivity index (χ1) is 12.9. The van der Waals surface area contributed by atoms with Crippen molar-refractivity contribution >= 4 is 20.7 Å². The molecule has 0 amide bonds. The molecule has 2 atom stereocenters. The van der Waals surface area contributed by atoms with E-state index in [1.807, 2.05) is 0 Å². The summed E-state index contributed by atoms with van der Waals surface area (Å²) in [6.45, 7) is 11.5. The SMILES string of the molecule is CC1CC(NCc2ccccc2)C([Si](C)(C)C)=C(S)N1Cc1ccccc1. The summed E-state index contributed by atoms with van der Waals surface area (Å²) in [5.74, 6) is 0. The lowest BCUT2D eigenvalue weighted by molar-refractivity contribution is 0.229. The van der Waals surface area contributed by atoms with Gasteiger partial charge < -0.3 is 10.2 Å². The molecule has 3 rings (SSSR count). The first kappa shape index (κ1) is 20.2. The van der Waals surface area contributed by atoms with Crippen LogP contribution in [0.4, 0.5) is 0 Å². The normalized spacial score (nSPS) is 20.9. The number of nitrogens with zero attached hydrogens (tertiary/aromatic N) is 1. The van der Waals surface area contributed by atoms with E-state index in [2.05, 4.69) is 97.4 Å². The van der Waals surface area contributed by atoms with Gasteiger partial charge in [-0.15, -0.1) is 12.6 Å². The largest absolute Gasteiger partial charge is 0.360 e. The fraction of sp³-hybridized carbons (Fsp3) is 0.391. The van der Waals surface area contributed by atoms with Crippen molar-refractivity contribution in [3.8, 4) is 0 Å². The summed E-state index contributed by atoms with van der Waals surface area (Å²) >= 11 is 5.07. The standard InChI is InChI=1S/C23H32N2SSi/c1-18-15-21(24-16-19-11-7-5-8-12-19)22(27(2,3)4)23(26)25(18)17-20-13-9-6-10-14-20/h5-14,18,21,24,26H,15-17H2,1-4H3. The summed E-state index contributed by atoms with van der Waals surface area (Å²) in [4.78, 5) is 2.49. The van der Waals surface area contributed by atoms with Crippen LogP contribution in [0.2, 0.25) is 19.6 Å². The molecular weight excluding hydrogens is 364 g/mol. The van der Waals surface area contributed by atoms with Gasteiger partial charge in [0.05, 0.1) is 13.1 Å². The smallest absolute Gasteiger partial charge is 0.0778 e. The lowest BCUT2D eigenvalue weighted by Crippen LogP contribution is -2.50. The molecule has 1 aliphatic rings. The van der Waals surface area contributed by atoms with E-state index in [9.17, 15) is 0 Å². The Bertz CT molecular complexity index is 768. The van der Waals surface area contributed by atoms with Gasteiger partial charge in [-0.3, -0.25) is 0 Å². The average molecular weight is 397 g/mol. The zero-order chi connectivity index (χ0) is 19.4. The highest BCUT2D eigenvalue weighted by atomic mass is 32.1. The van der Waals surface area contributed by atoms with Gasteiger partial charge in [0.25, 0.3) is 0 Å². The zero-order valence-electron chi connectivity index (χ0n) is 16.9. The van der Waals surface area contributed by atoms with E-state index >= 15 is 0 Å². The van der Waals surface area contributed by atoms with E-state index < -0.39 is 8.07 Å². The predicted molar refractivity (Wildman–Crippen MR) is 122 cm³/mol. The van der Waals surface area contributed by atoms with Gasteiger partial charge in [-0.25, -0.2) is 0 Å². The quantitative estimate of drug-likeness (QED) is 0.498. The molecule has 1 heterocycles. The number of hydrogen-bond donors (Lipinski definition) is 2. The summed E-state index contributed by atoms with van der Waals surface area (Å²) in [6, 6.07) is 22.3. The van der Waals surface area contributed by atoms with Crippen LogP contribution >= 0.6 is 12.6 Å². The van der Waals surface area contributed by atoms with Crippen molar-refractivity contribution in [3.05, 3.63) is 82.0 Å². The van der Waals surface area contributed by atoms with E-state index in [0.29, 0.717) is 12.1 Å². The molecule has 0 saturated heterocycles. The van der Waals surface area contributed by atoms with Crippen molar-refractivity contribution in [2.45, 2.75) is 58.2 Å². The summed E-state index contributed by atoms with van der Waals surface area (Å²) in [7, 11) is -1.51. The first-order valence-corrected chi connectivity index (χ1v) is 13.8. The maximum atomic E-state index is 5.07. The Morgan fingerprint density at radius 1 is 0.963 bits per heavy atom. The lowest BCUT2D eigenvalue weighted by Gasteiger charge is -2.45. The molecular formula is C23H32N2SSi. The highest BCUT2D eigenvalue weighted by Gasteiger charge is 2.37. The minimum absolute atomic E-state index is 0.409. The van der Waals surface area contributed by atoms with Gasteiger partial charge >= 0.3 is 0 Å². The third-order valence-electron chi connectivity index (χ3n) is 5.37. The third-order valence-corrected chi connectivity index (χ3v) is 8.28. The van der Waals surface area contributed by atoms with E-state index in [1.54, 1.807) is 5.20 Å². The molecule has 0 aliphatic carbocycles. The Kier molecular flexibility index (Phi) is 6.51. The van der Waals surface area contributed by atoms with Crippen LogP contribution < -0.4 is 5.32 Å². The molecule has 4 heteroatoms. The van der Waals surface area contributed by atoms with Gasteiger partial charge in [-0.2, -0.15) is 0 Å². The molecule has 2 nitrogen and oxygen atoms in total. The van der Waals surface area contributed by atoms with Crippen LogP contribution in [-0.2, 0) is 13.1 Å². The van der Waals surface area contributed by atoms with Crippen LogP contribution in [0.5, 0.6) is 0 Å². The van der Waals surface area contributed by atoms with E-state index in [4.69, 9.17) is 12.6 Å². The molecule has 0 saturated carbocycles. The van der Waals surface area contributed by atoms with Crippen molar-refractivity contribution in [3.63, 3.8) is 0 Å². The van der Waals surface area contributed by atoms with Crippen molar-refractivity contribution in [2.24, 2.45) is 0 Å². The zero-order valence-corrected chi connectivity index (χ0v) is 18.8. The highest BCUT2D eigenvalue weighted by molar-refractivity contribution is 7.84. The van der Waals surface area contributed by atoms with E-state index in [0.717, 1.165) is 19.5 Å². The molecule has 2 unspecified atom stereocenters. The minimum atomic E-state index is -1.51. The van der Waals surface area contributed by atoms with Crippen molar-refractivity contribution < 1.29 is 0 Å². The van der Waals surface area contributed by atoms with Gasteiger partial charge in [0.2, 0.25) is 0 Å². The van der Waals surface area contributed by atoms with Crippen LogP contribution in [0, 0.1) is 0 Å². The molecule has 0 bridgehead atoms. The number of hydrogen-bond acceptors (Lipinski definition) is 3. The maximum Gasteiger partial charge on any atom is 0.0778 e. The Labute approximate surface area is 171 Å². The van der Waals surface area contributed by atoms with Crippen LogP contribution in [0.3, 0.4) is 0 Å². The summed E-state index contributed by atoms with van der Waals surface area (Å²) in [5, 5.41) is 6.59. The van der Waals surface area contributed by atoms with Crippen LogP contribution in [0.1, 0.15) is 24.5 Å². The second-order valence-electron chi connectivity index (χ2n) is 8.60. The van der Waals surface area contributed by atoms with Crippen molar-refractivity contribution in [1.29, 1.82) is 0 Å². The Hall–Kier alpha value is -1.49.